The third-order valence-corrected chi connectivity index (χ3v) is 2.76. The lowest BCUT2D eigenvalue weighted by Crippen LogP contribution is -2.02. The Balaban J connectivity index is 3.30. The largest absolute Gasteiger partial charge is 0.268 e. The van der Waals surface area contributed by atoms with Crippen molar-refractivity contribution in [1.82, 2.24) is 0 Å². The van der Waals surface area contributed by atoms with Crippen LogP contribution in [-0.4, -0.2) is 22.1 Å². The molecule has 0 rings (SSSR count). The van der Waals surface area contributed by atoms with E-state index >= 15 is 0 Å². The van der Waals surface area contributed by atoms with Crippen LogP contribution in [0, 0.1) is 5.92 Å². The molecule has 0 aliphatic rings. The van der Waals surface area contributed by atoms with Gasteiger partial charge in [-0.3, -0.25) is 4.21 Å². The van der Waals surface area contributed by atoms with Crippen molar-refractivity contribution < 1.29 is 4.21 Å². The number of hydrogen-bond acceptors (Lipinski definition) is 1. The van der Waals surface area contributed by atoms with Crippen LogP contribution in [0.15, 0.2) is 0 Å². The lowest BCUT2D eigenvalue weighted by Gasteiger charge is -2.04. The van der Waals surface area contributed by atoms with Crippen LogP contribution < -0.4 is 0 Å². The zero-order valence-electron chi connectivity index (χ0n) is 7.93. The summed E-state index contributed by atoms with van der Waals surface area (Å²) in [5.74, 6) is 5.18. The fraction of sp³-hybridized carbons (Fsp3) is 0.889. The second-order valence-corrected chi connectivity index (χ2v) is 6.55. The maximum atomic E-state index is 11.1. The fourth-order valence-electron chi connectivity index (χ4n) is 0.960. The Morgan fingerprint density at radius 1 is 1.36 bits per heavy atom. The molecule has 0 radical (unpaired) electrons. The van der Waals surface area contributed by atoms with E-state index in [1.165, 1.54) is 12.8 Å². The van der Waals surface area contributed by atoms with Gasteiger partial charge in [-0.2, -0.15) is 0 Å². The Morgan fingerprint density at radius 3 is 2.27 bits per heavy atom. The van der Waals surface area contributed by atoms with E-state index in [9.17, 15) is 4.21 Å². The maximum Gasteiger partial charge on any atom is 0.0156 e. The van der Waals surface area contributed by atoms with Crippen LogP contribution >= 0.6 is 0 Å². The molecule has 0 saturated heterocycles. The van der Waals surface area contributed by atoms with Gasteiger partial charge in [0.1, 0.15) is 0 Å². The lowest BCUT2D eigenvalue weighted by atomic mass is 10.1. The van der Waals surface area contributed by atoms with Crippen molar-refractivity contribution in [2.24, 2.45) is 5.92 Å². The van der Waals surface area contributed by atoms with Crippen molar-refractivity contribution in [2.45, 2.75) is 33.1 Å². The predicted octanol–water partition coefficient (Wildman–Crippen LogP) is 2.16. The van der Waals surface area contributed by atoms with Gasteiger partial charge in [-0.1, -0.05) is 26.7 Å². The first-order chi connectivity index (χ1) is 4.92. The molecule has 68 valence electrons. The summed E-state index contributed by atoms with van der Waals surface area (Å²) in [5.41, 5.74) is 0. The molecule has 0 aliphatic heterocycles. The van der Waals surface area contributed by atoms with Gasteiger partial charge in [0.25, 0.3) is 0 Å². The third-order valence-electron chi connectivity index (χ3n) is 1.61. The van der Waals surface area contributed by atoms with Gasteiger partial charge in [-0.05, 0) is 27.7 Å². The van der Waals surface area contributed by atoms with Crippen LogP contribution in [0.25, 0.3) is 0 Å². The van der Waals surface area contributed by atoms with E-state index in [1.54, 1.807) is 6.26 Å². The average molecular weight is 176 g/mol. The summed E-state index contributed by atoms with van der Waals surface area (Å²) >= 11 is 0. The normalized spacial score (nSPS) is 16.7. The molecular formula is C9H20OS. The molecule has 11 heavy (non-hydrogen) atoms. The Bertz CT molecular complexity index is 178. The van der Waals surface area contributed by atoms with E-state index in [4.69, 9.17) is 0 Å². The standard InChI is InChI=1S/C9H20OS/c1-9(2)7-5-6-8-11(3,4)10/h9H,3,5-8H2,1-2,4H3. The zero-order chi connectivity index (χ0) is 8.91. The summed E-state index contributed by atoms with van der Waals surface area (Å²) in [6, 6.07) is 0. The molecule has 0 N–H and O–H groups in total. The van der Waals surface area contributed by atoms with Crippen molar-refractivity contribution in [1.29, 1.82) is 0 Å². The Morgan fingerprint density at radius 2 is 1.91 bits per heavy atom. The molecule has 0 aliphatic carbocycles. The van der Waals surface area contributed by atoms with Gasteiger partial charge in [-0.25, -0.2) is 0 Å². The van der Waals surface area contributed by atoms with Gasteiger partial charge in [0.2, 0.25) is 0 Å². The minimum Gasteiger partial charge on any atom is -0.268 e. The summed E-state index contributed by atoms with van der Waals surface area (Å²) in [5, 5.41) is 0. The van der Waals surface area contributed by atoms with Crippen LogP contribution in [0.1, 0.15) is 33.1 Å². The molecule has 0 amide bonds. The Labute approximate surface area is 71.2 Å². The van der Waals surface area contributed by atoms with Crippen LogP contribution in [0.2, 0.25) is 0 Å². The van der Waals surface area contributed by atoms with Gasteiger partial charge in [-0.15, -0.1) is 0 Å². The Kier molecular flexibility index (Phi) is 4.82. The molecule has 0 bridgehead atoms. The van der Waals surface area contributed by atoms with Crippen molar-refractivity contribution in [2.75, 3.05) is 12.0 Å². The molecule has 1 atom stereocenters. The molecule has 1 unspecified atom stereocenters. The summed E-state index contributed by atoms with van der Waals surface area (Å²) in [6.07, 6.45) is 5.24. The summed E-state index contributed by atoms with van der Waals surface area (Å²) < 4.78 is 11.1. The van der Waals surface area contributed by atoms with Crippen LogP contribution in [0.5, 0.6) is 0 Å². The minimum atomic E-state index is -1.72. The highest BCUT2D eigenvalue weighted by Gasteiger charge is 1.97. The van der Waals surface area contributed by atoms with Crippen molar-refractivity contribution >= 4 is 15.4 Å². The third kappa shape index (κ3) is 10.0. The topological polar surface area (TPSA) is 17.1 Å². The van der Waals surface area contributed by atoms with Crippen LogP contribution in [-0.2, 0) is 9.52 Å². The van der Waals surface area contributed by atoms with Gasteiger partial charge in [0.15, 0.2) is 0 Å². The molecule has 0 saturated carbocycles. The molecule has 1 nitrogen and oxygen atoms in total. The predicted molar refractivity (Wildman–Crippen MR) is 54.7 cm³/mol. The van der Waals surface area contributed by atoms with E-state index < -0.39 is 9.52 Å². The number of hydrogen-bond donors (Lipinski definition) is 0. The smallest absolute Gasteiger partial charge is 0.0156 e. The molecule has 2 heteroatoms. The van der Waals surface area contributed by atoms with Gasteiger partial charge in [0.05, 0.1) is 0 Å². The summed E-state index contributed by atoms with van der Waals surface area (Å²) in [7, 11) is -1.72. The lowest BCUT2D eigenvalue weighted by molar-refractivity contribution is 0.550. The van der Waals surface area contributed by atoms with Crippen LogP contribution in [0.4, 0.5) is 0 Å². The first-order valence-corrected chi connectivity index (χ1v) is 6.52. The molecule has 0 heterocycles. The van der Waals surface area contributed by atoms with E-state index in [1.807, 2.05) is 0 Å². The van der Waals surface area contributed by atoms with Crippen molar-refractivity contribution in [3.8, 4) is 0 Å². The zero-order valence-corrected chi connectivity index (χ0v) is 8.75. The van der Waals surface area contributed by atoms with Crippen molar-refractivity contribution in [3.63, 3.8) is 0 Å². The minimum absolute atomic E-state index is 0.771. The molecule has 0 aromatic carbocycles. The SMILES string of the molecule is C=S(C)(=O)CCCCC(C)C. The van der Waals surface area contributed by atoms with Gasteiger partial charge < -0.3 is 0 Å². The van der Waals surface area contributed by atoms with Gasteiger partial charge in [0, 0.05) is 12.0 Å². The molecule has 0 spiro atoms. The van der Waals surface area contributed by atoms with Crippen LogP contribution in [0.3, 0.4) is 0 Å². The maximum absolute atomic E-state index is 11.1. The Hall–Kier alpha value is 0.0200. The summed E-state index contributed by atoms with van der Waals surface area (Å²) in [6.45, 7) is 4.43. The second kappa shape index (κ2) is 4.81. The summed E-state index contributed by atoms with van der Waals surface area (Å²) in [4.78, 5) is 0. The average Bonchev–Trinajstić information content (AvgIpc) is 1.78. The molecule has 0 fully saturated rings. The highest BCUT2D eigenvalue weighted by Crippen LogP contribution is 2.06. The fourth-order valence-corrected chi connectivity index (χ4v) is 1.77. The van der Waals surface area contributed by atoms with E-state index in [-0.39, 0.29) is 0 Å². The van der Waals surface area contributed by atoms with E-state index in [0.29, 0.717) is 0 Å². The molecule has 0 aromatic rings. The number of unbranched alkanes of at least 4 members (excludes halogenated alkanes) is 1. The highest BCUT2D eigenvalue weighted by molar-refractivity contribution is 7.99. The first-order valence-electron chi connectivity index (χ1n) is 4.22. The number of rotatable bonds is 5. The van der Waals surface area contributed by atoms with Crippen molar-refractivity contribution in [3.05, 3.63) is 0 Å². The molecular weight excluding hydrogens is 156 g/mol. The van der Waals surface area contributed by atoms with E-state index in [0.717, 1.165) is 18.1 Å². The monoisotopic (exact) mass is 176 g/mol. The molecule has 0 aromatic heterocycles. The quantitative estimate of drug-likeness (QED) is 0.463. The highest BCUT2D eigenvalue weighted by atomic mass is 32.2. The first kappa shape index (κ1) is 11.0. The van der Waals surface area contributed by atoms with Gasteiger partial charge >= 0.3 is 0 Å². The second-order valence-electron chi connectivity index (χ2n) is 3.78. The van der Waals surface area contributed by atoms with E-state index in [2.05, 4.69) is 19.7 Å².